The molecular weight excluding hydrogens is 194 g/mol. The highest BCUT2D eigenvalue weighted by molar-refractivity contribution is 6.18. The molecule has 0 aliphatic carbocycles. The highest BCUT2D eigenvalue weighted by Gasteiger charge is 2.36. The van der Waals surface area contributed by atoms with Crippen LogP contribution >= 0.6 is 0 Å². The first-order valence-corrected chi connectivity index (χ1v) is 4.95. The minimum Gasteiger partial charge on any atom is -0.396 e. The molecule has 0 aromatic heterocycles. The van der Waals surface area contributed by atoms with Crippen LogP contribution in [0.5, 0.6) is 0 Å². The third kappa shape index (κ3) is 2.09. The molecule has 0 bridgehead atoms. The average molecular weight is 211 g/mol. The van der Waals surface area contributed by atoms with Crippen LogP contribution in [0.3, 0.4) is 0 Å². The van der Waals surface area contributed by atoms with E-state index in [0.717, 1.165) is 0 Å². The lowest BCUT2D eigenvalue weighted by Crippen LogP contribution is -2.40. The summed E-state index contributed by atoms with van der Waals surface area (Å²) < 4.78 is 0. The number of rotatable bonds is 3. The number of amides is 2. The van der Waals surface area contributed by atoms with Crippen molar-refractivity contribution in [1.82, 2.24) is 4.90 Å². The number of nitrogens with zero attached hydrogens (tertiary/aromatic N) is 1. The second-order valence-corrected chi connectivity index (χ2v) is 4.77. The first kappa shape index (κ1) is 11.9. The maximum Gasteiger partial charge on any atom is 0.256 e. The third-order valence-electron chi connectivity index (χ3n) is 2.71. The summed E-state index contributed by atoms with van der Waals surface area (Å²) in [6.45, 7) is 7.15. The highest BCUT2D eigenvalue weighted by atomic mass is 16.3. The molecule has 0 unspecified atom stereocenters. The first-order chi connectivity index (χ1) is 6.80. The van der Waals surface area contributed by atoms with Crippen LogP contribution in [0.25, 0.3) is 0 Å². The van der Waals surface area contributed by atoms with Crippen LogP contribution in [0.4, 0.5) is 0 Å². The standard InChI is InChI=1S/C11H17NO3/c1-7-8(2)10(15)12(9(7)14)5-11(3,4)6-13/h13H,5-6H2,1-4H3. The Morgan fingerprint density at radius 2 is 1.53 bits per heavy atom. The smallest absolute Gasteiger partial charge is 0.256 e. The Balaban J connectivity index is 2.85. The Morgan fingerprint density at radius 3 is 1.87 bits per heavy atom. The lowest BCUT2D eigenvalue weighted by atomic mass is 9.94. The number of hydrogen-bond donors (Lipinski definition) is 1. The van der Waals surface area contributed by atoms with Gasteiger partial charge in [0.05, 0.1) is 0 Å². The molecular formula is C11H17NO3. The van der Waals surface area contributed by atoms with Crippen LogP contribution in [-0.2, 0) is 9.59 Å². The molecule has 1 N–H and O–H groups in total. The van der Waals surface area contributed by atoms with E-state index in [1.807, 2.05) is 13.8 Å². The van der Waals surface area contributed by atoms with Gasteiger partial charge in [0, 0.05) is 29.7 Å². The molecule has 1 rings (SSSR count). The molecule has 1 aliphatic heterocycles. The van der Waals surface area contributed by atoms with Crippen molar-refractivity contribution in [2.75, 3.05) is 13.2 Å². The summed E-state index contributed by atoms with van der Waals surface area (Å²) >= 11 is 0. The predicted octanol–water partition coefficient (Wildman–Crippen LogP) is 0.710. The van der Waals surface area contributed by atoms with Crippen LogP contribution in [0.1, 0.15) is 27.7 Å². The quantitative estimate of drug-likeness (QED) is 0.699. The van der Waals surface area contributed by atoms with Gasteiger partial charge in [-0.05, 0) is 13.8 Å². The van der Waals surface area contributed by atoms with Crippen LogP contribution in [-0.4, -0.2) is 35.0 Å². The number of carbonyl (C=O) groups is 2. The summed E-state index contributed by atoms with van der Waals surface area (Å²) in [5.74, 6) is -0.474. The van der Waals surface area contributed by atoms with E-state index in [1.165, 1.54) is 4.90 Å². The van der Waals surface area contributed by atoms with Crippen molar-refractivity contribution in [2.45, 2.75) is 27.7 Å². The fourth-order valence-electron chi connectivity index (χ4n) is 1.44. The Morgan fingerprint density at radius 1 is 1.13 bits per heavy atom. The Labute approximate surface area is 89.6 Å². The molecule has 0 aromatic rings. The molecule has 0 aromatic carbocycles. The van der Waals surface area contributed by atoms with Crippen LogP contribution in [0.15, 0.2) is 11.1 Å². The van der Waals surface area contributed by atoms with Gasteiger partial charge in [-0.1, -0.05) is 13.8 Å². The molecule has 0 saturated heterocycles. The fourth-order valence-corrected chi connectivity index (χ4v) is 1.44. The minimum absolute atomic E-state index is 0.0534. The zero-order valence-corrected chi connectivity index (χ0v) is 9.63. The van der Waals surface area contributed by atoms with Gasteiger partial charge in [0.25, 0.3) is 11.8 Å². The molecule has 84 valence electrons. The first-order valence-electron chi connectivity index (χ1n) is 4.95. The van der Waals surface area contributed by atoms with E-state index in [-0.39, 0.29) is 25.0 Å². The molecule has 4 nitrogen and oxygen atoms in total. The van der Waals surface area contributed by atoms with E-state index in [0.29, 0.717) is 11.1 Å². The van der Waals surface area contributed by atoms with Crippen molar-refractivity contribution < 1.29 is 14.7 Å². The molecule has 4 heteroatoms. The molecule has 2 amide bonds. The van der Waals surface area contributed by atoms with E-state index < -0.39 is 5.41 Å². The zero-order valence-electron chi connectivity index (χ0n) is 9.63. The second kappa shape index (κ2) is 3.77. The van der Waals surface area contributed by atoms with Crippen molar-refractivity contribution in [3.63, 3.8) is 0 Å². The summed E-state index contributed by atoms with van der Waals surface area (Å²) in [6, 6.07) is 0. The topological polar surface area (TPSA) is 57.6 Å². The Hall–Kier alpha value is -1.16. The van der Waals surface area contributed by atoms with Gasteiger partial charge in [-0.25, -0.2) is 0 Å². The van der Waals surface area contributed by atoms with E-state index in [4.69, 9.17) is 5.11 Å². The van der Waals surface area contributed by atoms with Crippen molar-refractivity contribution in [3.8, 4) is 0 Å². The summed E-state index contributed by atoms with van der Waals surface area (Å²) in [7, 11) is 0. The molecule has 15 heavy (non-hydrogen) atoms. The maximum absolute atomic E-state index is 11.7. The van der Waals surface area contributed by atoms with E-state index in [2.05, 4.69) is 0 Å². The summed E-state index contributed by atoms with van der Waals surface area (Å²) in [6.07, 6.45) is 0. The molecule has 0 spiro atoms. The van der Waals surface area contributed by atoms with Crippen LogP contribution in [0, 0.1) is 5.41 Å². The summed E-state index contributed by atoms with van der Waals surface area (Å²) in [5.41, 5.74) is 0.568. The van der Waals surface area contributed by atoms with Gasteiger partial charge in [-0.15, -0.1) is 0 Å². The maximum atomic E-state index is 11.7. The normalized spacial score (nSPS) is 18.1. The average Bonchev–Trinajstić information content (AvgIpc) is 2.36. The Kier molecular flexibility index (Phi) is 3.00. The number of imide groups is 1. The monoisotopic (exact) mass is 211 g/mol. The van der Waals surface area contributed by atoms with Crippen molar-refractivity contribution >= 4 is 11.8 Å². The number of hydrogen-bond acceptors (Lipinski definition) is 3. The van der Waals surface area contributed by atoms with Gasteiger partial charge in [0.2, 0.25) is 0 Å². The van der Waals surface area contributed by atoms with Gasteiger partial charge in [-0.3, -0.25) is 14.5 Å². The minimum atomic E-state index is -0.448. The van der Waals surface area contributed by atoms with Gasteiger partial charge < -0.3 is 5.11 Å². The number of aliphatic hydroxyl groups excluding tert-OH is 1. The van der Waals surface area contributed by atoms with Gasteiger partial charge >= 0.3 is 0 Å². The van der Waals surface area contributed by atoms with Crippen molar-refractivity contribution in [1.29, 1.82) is 0 Å². The summed E-state index contributed by atoms with van der Waals surface area (Å²) in [4.78, 5) is 24.6. The Bertz CT molecular complexity index is 318. The number of carbonyl (C=O) groups excluding carboxylic acids is 2. The number of aliphatic hydroxyl groups is 1. The van der Waals surface area contributed by atoms with E-state index in [9.17, 15) is 9.59 Å². The lowest BCUT2D eigenvalue weighted by molar-refractivity contribution is -0.139. The van der Waals surface area contributed by atoms with Crippen molar-refractivity contribution in [3.05, 3.63) is 11.1 Å². The molecule has 1 aliphatic rings. The fraction of sp³-hybridized carbons (Fsp3) is 0.636. The third-order valence-corrected chi connectivity index (χ3v) is 2.71. The van der Waals surface area contributed by atoms with Crippen LogP contribution < -0.4 is 0 Å². The van der Waals surface area contributed by atoms with Gasteiger partial charge in [0.15, 0.2) is 0 Å². The predicted molar refractivity (Wildman–Crippen MR) is 56.0 cm³/mol. The molecule has 0 fully saturated rings. The molecule has 0 atom stereocenters. The largest absolute Gasteiger partial charge is 0.396 e. The van der Waals surface area contributed by atoms with Gasteiger partial charge in [0.1, 0.15) is 0 Å². The second-order valence-electron chi connectivity index (χ2n) is 4.77. The van der Waals surface area contributed by atoms with Gasteiger partial charge in [-0.2, -0.15) is 0 Å². The van der Waals surface area contributed by atoms with Crippen LogP contribution in [0.2, 0.25) is 0 Å². The molecule has 1 heterocycles. The van der Waals surface area contributed by atoms with E-state index >= 15 is 0 Å². The zero-order chi connectivity index (χ0) is 11.8. The summed E-state index contributed by atoms with van der Waals surface area (Å²) in [5, 5.41) is 9.10. The molecule has 0 saturated carbocycles. The molecule has 0 radical (unpaired) electrons. The highest BCUT2D eigenvalue weighted by Crippen LogP contribution is 2.24. The lowest BCUT2D eigenvalue weighted by Gasteiger charge is -2.27. The SMILES string of the molecule is CC1=C(C)C(=O)N(CC(C)(C)CO)C1=O. The van der Waals surface area contributed by atoms with Crippen molar-refractivity contribution in [2.24, 2.45) is 5.41 Å². The van der Waals surface area contributed by atoms with E-state index in [1.54, 1.807) is 13.8 Å².